The fourth-order valence-corrected chi connectivity index (χ4v) is 9.39. The van der Waals surface area contributed by atoms with Crippen LogP contribution in [0.3, 0.4) is 0 Å². The van der Waals surface area contributed by atoms with Crippen molar-refractivity contribution < 1.29 is 28.6 Å². The van der Waals surface area contributed by atoms with Gasteiger partial charge in [-0.2, -0.15) is 0 Å². The van der Waals surface area contributed by atoms with E-state index in [-0.39, 0.29) is 31.1 Å². The first-order chi connectivity index (χ1) is 37.0. The Morgan fingerprint density at radius 2 is 0.520 bits per heavy atom. The van der Waals surface area contributed by atoms with Crippen LogP contribution in [0.5, 0.6) is 0 Å². The lowest BCUT2D eigenvalue weighted by molar-refractivity contribution is -0.167. The van der Waals surface area contributed by atoms with E-state index in [2.05, 4.69) is 93.7 Å². The highest BCUT2D eigenvalue weighted by Crippen LogP contribution is 2.17. The van der Waals surface area contributed by atoms with E-state index in [0.717, 1.165) is 103 Å². The third-order valence-corrected chi connectivity index (χ3v) is 14.2. The van der Waals surface area contributed by atoms with E-state index in [4.69, 9.17) is 14.2 Å². The smallest absolute Gasteiger partial charge is 0.306 e. The Balaban J connectivity index is 4.08. The highest BCUT2D eigenvalue weighted by molar-refractivity contribution is 5.71. The molecule has 0 N–H and O–H groups in total. The molecule has 0 fully saturated rings. The van der Waals surface area contributed by atoms with E-state index < -0.39 is 6.10 Å². The molecule has 0 aromatic heterocycles. The number of esters is 3. The summed E-state index contributed by atoms with van der Waals surface area (Å²) in [5.41, 5.74) is 0. The number of allylic oxidation sites excluding steroid dienone is 12. The molecule has 0 aromatic rings. The zero-order valence-electron chi connectivity index (χ0n) is 49.8. The highest BCUT2D eigenvalue weighted by atomic mass is 16.6. The number of carbonyl (C=O) groups is 3. The molecule has 0 rings (SSSR count). The Morgan fingerprint density at radius 1 is 0.280 bits per heavy atom. The summed E-state index contributed by atoms with van der Waals surface area (Å²) in [6.07, 6.45) is 82.4. The van der Waals surface area contributed by atoms with Gasteiger partial charge in [-0.15, -0.1) is 0 Å². The van der Waals surface area contributed by atoms with Crippen LogP contribution in [0, 0.1) is 0 Å². The molecule has 0 saturated heterocycles. The van der Waals surface area contributed by atoms with E-state index >= 15 is 0 Å². The summed E-state index contributed by atoms with van der Waals surface area (Å²) in [4.78, 5) is 38.0. The van der Waals surface area contributed by atoms with Gasteiger partial charge in [0, 0.05) is 19.3 Å². The number of hydrogen-bond acceptors (Lipinski definition) is 6. The topological polar surface area (TPSA) is 78.9 Å². The number of ether oxygens (including phenoxy) is 3. The summed E-state index contributed by atoms with van der Waals surface area (Å²) >= 11 is 0. The second kappa shape index (κ2) is 63.4. The fourth-order valence-electron chi connectivity index (χ4n) is 9.39. The molecule has 0 aliphatic carbocycles. The molecule has 1 atom stereocenters. The van der Waals surface area contributed by atoms with Crippen molar-refractivity contribution in [2.75, 3.05) is 13.2 Å². The molecule has 0 heterocycles. The van der Waals surface area contributed by atoms with Crippen molar-refractivity contribution in [1.29, 1.82) is 0 Å². The maximum atomic E-state index is 12.9. The first-order valence-electron chi connectivity index (χ1n) is 32.4. The second-order valence-electron chi connectivity index (χ2n) is 21.7. The molecule has 0 amide bonds. The van der Waals surface area contributed by atoms with Crippen LogP contribution >= 0.6 is 0 Å². The van der Waals surface area contributed by atoms with Crippen molar-refractivity contribution in [2.24, 2.45) is 0 Å². The van der Waals surface area contributed by atoms with Crippen molar-refractivity contribution in [2.45, 2.75) is 335 Å². The second-order valence-corrected chi connectivity index (χ2v) is 21.7. The van der Waals surface area contributed by atoms with Gasteiger partial charge in [-0.05, 0) is 70.6 Å². The van der Waals surface area contributed by atoms with E-state index in [1.807, 2.05) is 0 Å². The van der Waals surface area contributed by atoms with Gasteiger partial charge in [0.25, 0.3) is 0 Å². The maximum Gasteiger partial charge on any atom is 0.306 e. The van der Waals surface area contributed by atoms with E-state index in [0.29, 0.717) is 19.3 Å². The molecule has 1 unspecified atom stereocenters. The summed E-state index contributed by atoms with van der Waals surface area (Å²) in [5.74, 6) is -0.878. The Morgan fingerprint density at radius 3 is 0.813 bits per heavy atom. The molecule has 6 nitrogen and oxygen atoms in total. The van der Waals surface area contributed by atoms with Crippen LogP contribution in [-0.2, 0) is 28.6 Å². The van der Waals surface area contributed by atoms with E-state index in [9.17, 15) is 14.4 Å². The van der Waals surface area contributed by atoms with Crippen molar-refractivity contribution >= 4 is 17.9 Å². The van der Waals surface area contributed by atoms with E-state index in [1.54, 1.807) is 0 Å². The molecular formula is C69H122O6. The molecule has 0 aliphatic heterocycles. The van der Waals surface area contributed by atoms with Crippen LogP contribution in [0.15, 0.2) is 72.9 Å². The molecular weight excluding hydrogens is 925 g/mol. The summed E-state index contributed by atoms with van der Waals surface area (Å²) < 4.78 is 16.8. The Bertz CT molecular complexity index is 1390. The average molecular weight is 1050 g/mol. The molecule has 75 heavy (non-hydrogen) atoms. The number of hydrogen-bond donors (Lipinski definition) is 0. The lowest BCUT2D eigenvalue weighted by Crippen LogP contribution is -2.30. The third-order valence-electron chi connectivity index (χ3n) is 14.2. The van der Waals surface area contributed by atoms with Crippen molar-refractivity contribution in [3.63, 3.8) is 0 Å². The third kappa shape index (κ3) is 61.6. The standard InChI is InChI=1S/C69H122O6/c1-4-7-10-13-16-18-20-22-24-26-28-30-32-34-35-36-38-39-41-43-45-47-49-51-53-56-59-62-68(71)74-65-66(64-73-67(70)61-58-55-15-12-9-6-3)75-69(72)63-60-57-54-52-50-48-46-44-42-40-37-33-31-29-27-25-23-21-19-17-14-11-8-5-2/h7,10,16,18,22,24,28,30,34-35,38-39,66H,4-6,8-9,11-15,17,19-21,23,25-27,29,31-33,36-37,40-65H2,1-3H3/b10-7-,18-16-,24-22-,30-28-,35-34-,39-38-. The summed E-state index contributed by atoms with van der Waals surface area (Å²) in [7, 11) is 0. The summed E-state index contributed by atoms with van der Waals surface area (Å²) in [6.45, 7) is 6.50. The lowest BCUT2D eigenvalue weighted by atomic mass is 10.0. The Labute approximate surface area is 465 Å². The van der Waals surface area contributed by atoms with Gasteiger partial charge in [0.15, 0.2) is 6.10 Å². The molecule has 0 bridgehead atoms. The van der Waals surface area contributed by atoms with Gasteiger partial charge < -0.3 is 14.2 Å². The predicted octanol–water partition coefficient (Wildman–Crippen LogP) is 22.1. The minimum absolute atomic E-state index is 0.0749. The molecule has 0 aromatic carbocycles. The van der Waals surface area contributed by atoms with Gasteiger partial charge in [0.1, 0.15) is 13.2 Å². The quantitative estimate of drug-likeness (QED) is 0.0261. The monoisotopic (exact) mass is 1050 g/mol. The SMILES string of the molecule is CC/C=C\C/C=C\C/C=C\C/C=C\C/C=C\C/C=C\CCCCCCCCCCC(=O)OCC(COC(=O)CCCCCCCC)OC(=O)CCCCCCCCCCCCCCCCCCCCCCCCCC. The molecule has 434 valence electrons. The lowest BCUT2D eigenvalue weighted by Gasteiger charge is -2.18. The van der Waals surface area contributed by atoms with Gasteiger partial charge in [-0.1, -0.05) is 312 Å². The van der Waals surface area contributed by atoms with Gasteiger partial charge in [-0.3, -0.25) is 14.4 Å². The summed E-state index contributed by atoms with van der Waals surface area (Å²) in [5, 5.41) is 0. The molecule has 6 heteroatoms. The van der Waals surface area contributed by atoms with Gasteiger partial charge in [-0.25, -0.2) is 0 Å². The first kappa shape index (κ1) is 71.8. The Hall–Kier alpha value is -3.15. The van der Waals surface area contributed by atoms with Crippen molar-refractivity contribution in [1.82, 2.24) is 0 Å². The van der Waals surface area contributed by atoms with Crippen LogP contribution < -0.4 is 0 Å². The minimum atomic E-state index is -0.774. The maximum absolute atomic E-state index is 12.9. The average Bonchev–Trinajstić information content (AvgIpc) is 3.41. The fraction of sp³-hybridized carbons (Fsp3) is 0.783. The Kier molecular flexibility index (Phi) is 60.7. The molecule has 0 radical (unpaired) electrons. The first-order valence-corrected chi connectivity index (χ1v) is 32.4. The van der Waals surface area contributed by atoms with Gasteiger partial charge in [0.05, 0.1) is 0 Å². The van der Waals surface area contributed by atoms with Crippen molar-refractivity contribution in [3.8, 4) is 0 Å². The van der Waals surface area contributed by atoms with Crippen LogP contribution in [0.2, 0.25) is 0 Å². The number of carbonyl (C=O) groups excluding carboxylic acids is 3. The van der Waals surface area contributed by atoms with Crippen LogP contribution in [-0.4, -0.2) is 37.2 Å². The normalized spacial score (nSPS) is 12.5. The van der Waals surface area contributed by atoms with Gasteiger partial charge in [0.2, 0.25) is 0 Å². The largest absolute Gasteiger partial charge is 0.462 e. The van der Waals surface area contributed by atoms with Gasteiger partial charge >= 0.3 is 17.9 Å². The summed E-state index contributed by atoms with van der Waals surface area (Å²) in [6, 6.07) is 0. The van der Waals surface area contributed by atoms with Crippen LogP contribution in [0.4, 0.5) is 0 Å². The zero-order valence-corrected chi connectivity index (χ0v) is 49.8. The van der Waals surface area contributed by atoms with Crippen molar-refractivity contribution in [3.05, 3.63) is 72.9 Å². The minimum Gasteiger partial charge on any atom is -0.462 e. The zero-order chi connectivity index (χ0) is 54.3. The molecule has 0 saturated carbocycles. The number of unbranched alkanes of at least 4 members (excludes halogenated alkanes) is 36. The predicted molar refractivity (Wildman–Crippen MR) is 325 cm³/mol. The molecule has 0 aliphatic rings. The van der Waals surface area contributed by atoms with Crippen LogP contribution in [0.1, 0.15) is 329 Å². The van der Waals surface area contributed by atoms with Crippen LogP contribution in [0.25, 0.3) is 0 Å². The van der Waals surface area contributed by atoms with E-state index in [1.165, 1.54) is 186 Å². The highest BCUT2D eigenvalue weighted by Gasteiger charge is 2.19. The molecule has 0 spiro atoms. The number of rotatable bonds is 59.